The number of alkyl carbamates (subject to hydrolysis) is 1. The highest BCUT2D eigenvalue weighted by Gasteiger charge is 2.29. The molecular weight excluding hydrogens is 320 g/mol. The average Bonchev–Trinajstić information content (AvgIpc) is 3.01. The molecule has 0 unspecified atom stereocenters. The van der Waals surface area contributed by atoms with Crippen LogP contribution < -0.4 is 5.32 Å². The van der Waals surface area contributed by atoms with Crippen molar-refractivity contribution < 1.29 is 19.1 Å². The summed E-state index contributed by atoms with van der Waals surface area (Å²) >= 11 is 0. The maximum absolute atomic E-state index is 12.0. The third-order valence-electron chi connectivity index (χ3n) is 3.97. The van der Waals surface area contributed by atoms with Gasteiger partial charge in [-0.05, 0) is 45.1 Å². The Kier molecular flexibility index (Phi) is 6.67. The van der Waals surface area contributed by atoms with Gasteiger partial charge >= 0.3 is 12.2 Å². The molecule has 0 aromatic heterocycles. The van der Waals surface area contributed by atoms with Gasteiger partial charge in [-0.1, -0.05) is 30.3 Å². The van der Waals surface area contributed by atoms with Crippen LogP contribution >= 0.6 is 0 Å². The lowest BCUT2D eigenvalue weighted by Crippen LogP contribution is -2.35. The first-order valence-electron chi connectivity index (χ1n) is 8.76. The second kappa shape index (κ2) is 8.74. The van der Waals surface area contributed by atoms with E-state index in [0.29, 0.717) is 25.6 Å². The molecule has 1 aromatic rings. The van der Waals surface area contributed by atoms with Gasteiger partial charge in [0.2, 0.25) is 0 Å². The van der Waals surface area contributed by atoms with Crippen molar-refractivity contribution in [3.8, 4) is 0 Å². The fourth-order valence-electron chi connectivity index (χ4n) is 2.71. The lowest BCUT2D eigenvalue weighted by atomic mass is 10.1. The van der Waals surface area contributed by atoms with E-state index in [1.54, 1.807) is 4.90 Å². The molecule has 1 N–H and O–H groups in total. The summed E-state index contributed by atoms with van der Waals surface area (Å²) in [7, 11) is 0. The van der Waals surface area contributed by atoms with E-state index in [0.717, 1.165) is 18.4 Å². The predicted molar refractivity (Wildman–Crippen MR) is 95.2 cm³/mol. The number of nitrogens with one attached hydrogen (secondary N) is 1. The van der Waals surface area contributed by atoms with Crippen molar-refractivity contribution in [1.29, 1.82) is 0 Å². The number of carbonyl (C=O) groups excluding carboxylic acids is 2. The van der Waals surface area contributed by atoms with Gasteiger partial charge in [-0.3, -0.25) is 0 Å². The van der Waals surface area contributed by atoms with Crippen LogP contribution in [0.5, 0.6) is 0 Å². The molecule has 2 rings (SSSR count). The number of benzene rings is 1. The first-order chi connectivity index (χ1) is 11.8. The zero-order chi connectivity index (χ0) is 18.3. The topological polar surface area (TPSA) is 67.9 Å². The summed E-state index contributed by atoms with van der Waals surface area (Å²) in [5.41, 5.74) is 0.487. The van der Waals surface area contributed by atoms with Crippen LogP contribution in [-0.4, -0.2) is 42.3 Å². The summed E-state index contributed by atoms with van der Waals surface area (Å²) in [6.45, 7) is 7.78. The van der Waals surface area contributed by atoms with Gasteiger partial charge in [0.1, 0.15) is 12.2 Å². The monoisotopic (exact) mass is 348 g/mol. The third-order valence-corrected chi connectivity index (χ3v) is 3.97. The van der Waals surface area contributed by atoms with Crippen molar-refractivity contribution in [2.75, 3.05) is 19.6 Å². The van der Waals surface area contributed by atoms with E-state index in [4.69, 9.17) is 9.47 Å². The minimum Gasteiger partial charge on any atom is -0.445 e. The SMILES string of the molecule is CC(C)(C)OC(=O)N1CC[C@H](CCNC(=O)OCc2ccccc2)C1. The predicted octanol–water partition coefficient (Wildman–Crippen LogP) is 3.56. The zero-order valence-corrected chi connectivity index (χ0v) is 15.3. The second-order valence-corrected chi connectivity index (χ2v) is 7.36. The summed E-state index contributed by atoms with van der Waals surface area (Å²) in [6.07, 6.45) is 1.08. The van der Waals surface area contributed by atoms with Crippen molar-refractivity contribution >= 4 is 12.2 Å². The second-order valence-electron chi connectivity index (χ2n) is 7.36. The number of nitrogens with zero attached hydrogens (tertiary/aromatic N) is 1. The normalized spacial score (nSPS) is 17.2. The maximum atomic E-state index is 12.0. The van der Waals surface area contributed by atoms with Crippen LogP contribution in [0.15, 0.2) is 30.3 Å². The molecule has 1 aromatic carbocycles. The highest BCUT2D eigenvalue weighted by Crippen LogP contribution is 2.21. The van der Waals surface area contributed by atoms with Gasteiger partial charge in [-0.2, -0.15) is 0 Å². The summed E-state index contributed by atoms with van der Waals surface area (Å²) in [5, 5.41) is 2.77. The minimum absolute atomic E-state index is 0.259. The fourth-order valence-corrected chi connectivity index (χ4v) is 2.71. The molecule has 1 fully saturated rings. The van der Waals surface area contributed by atoms with Crippen LogP contribution in [0, 0.1) is 5.92 Å². The highest BCUT2D eigenvalue weighted by atomic mass is 16.6. The van der Waals surface area contributed by atoms with Crippen LogP contribution in [0.2, 0.25) is 0 Å². The summed E-state index contributed by atoms with van der Waals surface area (Å²) < 4.78 is 10.6. The van der Waals surface area contributed by atoms with Gasteiger partial charge in [-0.25, -0.2) is 9.59 Å². The Morgan fingerprint density at radius 3 is 2.64 bits per heavy atom. The average molecular weight is 348 g/mol. The molecule has 0 aliphatic carbocycles. The van der Waals surface area contributed by atoms with Crippen LogP contribution in [0.25, 0.3) is 0 Å². The Hall–Kier alpha value is -2.24. The Morgan fingerprint density at radius 1 is 1.24 bits per heavy atom. The van der Waals surface area contributed by atoms with Gasteiger partial charge in [0, 0.05) is 19.6 Å². The maximum Gasteiger partial charge on any atom is 0.410 e. The Balaban J connectivity index is 1.61. The number of hydrogen-bond donors (Lipinski definition) is 1. The van der Waals surface area contributed by atoms with E-state index in [9.17, 15) is 9.59 Å². The van der Waals surface area contributed by atoms with Crippen LogP contribution in [0.1, 0.15) is 39.2 Å². The molecule has 1 heterocycles. The standard InChI is InChI=1S/C19H28N2O4/c1-19(2,3)25-18(23)21-12-10-15(13-21)9-11-20-17(22)24-14-16-7-5-4-6-8-16/h4-8,15H,9-14H2,1-3H3,(H,20,22)/t15-/m0/s1. The smallest absolute Gasteiger partial charge is 0.410 e. The van der Waals surface area contributed by atoms with Crippen molar-refractivity contribution in [3.05, 3.63) is 35.9 Å². The van der Waals surface area contributed by atoms with E-state index in [-0.39, 0.29) is 12.7 Å². The molecule has 1 aliphatic heterocycles. The molecule has 6 heteroatoms. The van der Waals surface area contributed by atoms with Gasteiger partial charge in [0.25, 0.3) is 0 Å². The molecular formula is C19H28N2O4. The lowest BCUT2D eigenvalue weighted by Gasteiger charge is -2.24. The number of carbonyl (C=O) groups is 2. The number of amides is 2. The van der Waals surface area contributed by atoms with E-state index in [1.165, 1.54) is 0 Å². The molecule has 0 radical (unpaired) electrons. The Bertz CT molecular complexity index is 569. The fraction of sp³-hybridized carbons (Fsp3) is 0.579. The quantitative estimate of drug-likeness (QED) is 0.883. The van der Waals surface area contributed by atoms with Gasteiger partial charge < -0.3 is 19.7 Å². The summed E-state index contributed by atoms with van der Waals surface area (Å²) in [6, 6.07) is 9.57. The van der Waals surface area contributed by atoms with Gasteiger partial charge in [0.15, 0.2) is 0 Å². The van der Waals surface area contributed by atoms with Crippen LogP contribution in [0.4, 0.5) is 9.59 Å². The molecule has 1 saturated heterocycles. The molecule has 1 atom stereocenters. The van der Waals surface area contributed by atoms with Crippen molar-refractivity contribution in [2.24, 2.45) is 5.92 Å². The first kappa shape index (κ1) is 19.1. The number of likely N-dealkylation sites (tertiary alicyclic amines) is 1. The Morgan fingerprint density at radius 2 is 1.96 bits per heavy atom. The van der Waals surface area contributed by atoms with E-state index in [1.807, 2.05) is 51.1 Å². The molecule has 25 heavy (non-hydrogen) atoms. The van der Waals surface area contributed by atoms with E-state index in [2.05, 4.69) is 5.32 Å². The molecule has 0 saturated carbocycles. The van der Waals surface area contributed by atoms with E-state index < -0.39 is 11.7 Å². The highest BCUT2D eigenvalue weighted by molar-refractivity contribution is 5.68. The third kappa shape index (κ3) is 7.03. The van der Waals surface area contributed by atoms with Gasteiger partial charge in [0.05, 0.1) is 0 Å². The van der Waals surface area contributed by atoms with Crippen molar-refractivity contribution in [1.82, 2.24) is 10.2 Å². The van der Waals surface area contributed by atoms with Gasteiger partial charge in [-0.15, -0.1) is 0 Å². The van der Waals surface area contributed by atoms with Crippen LogP contribution in [-0.2, 0) is 16.1 Å². The Labute approximate surface area is 149 Å². The number of rotatable bonds is 5. The van der Waals surface area contributed by atoms with Crippen LogP contribution in [0.3, 0.4) is 0 Å². The molecule has 138 valence electrons. The molecule has 1 aliphatic rings. The molecule has 2 amide bonds. The lowest BCUT2D eigenvalue weighted by molar-refractivity contribution is 0.0287. The van der Waals surface area contributed by atoms with E-state index >= 15 is 0 Å². The largest absolute Gasteiger partial charge is 0.445 e. The van der Waals surface area contributed by atoms with Crippen molar-refractivity contribution in [2.45, 2.75) is 45.8 Å². The molecule has 6 nitrogen and oxygen atoms in total. The first-order valence-corrected chi connectivity index (χ1v) is 8.76. The summed E-state index contributed by atoms with van der Waals surface area (Å²) in [5.74, 6) is 0.377. The molecule has 0 bridgehead atoms. The molecule has 0 spiro atoms. The minimum atomic E-state index is -0.473. The summed E-state index contributed by atoms with van der Waals surface area (Å²) in [4.78, 5) is 25.5. The zero-order valence-electron chi connectivity index (χ0n) is 15.3. The number of hydrogen-bond acceptors (Lipinski definition) is 4. The van der Waals surface area contributed by atoms with Crippen molar-refractivity contribution in [3.63, 3.8) is 0 Å². The number of ether oxygens (including phenoxy) is 2.